The van der Waals surface area contributed by atoms with Crippen LogP contribution in [0.2, 0.25) is 5.02 Å². The Morgan fingerprint density at radius 1 is 1.03 bits per heavy atom. The number of hydrogen-bond donors (Lipinski definition) is 1. The monoisotopic (exact) mass is 548 g/mol. The zero-order valence-electron chi connectivity index (χ0n) is 15.9. The van der Waals surface area contributed by atoms with Crippen molar-refractivity contribution in [1.29, 1.82) is 0 Å². The number of carbonyl (C=O) groups is 2. The molecule has 4 rings (SSSR count). The Bertz CT molecular complexity index is 1180. The average Bonchev–Trinajstić information content (AvgIpc) is 3.02. The van der Waals surface area contributed by atoms with E-state index in [1.54, 1.807) is 54.6 Å². The quantitative estimate of drug-likeness (QED) is 0.251. The van der Waals surface area contributed by atoms with Crippen LogP contribution in [0, 0.1) is 9.39 Å². The van der Waals surface area contributed by atoms with E-state index in [-0.39, 0.29) is 11.5 Å². The molecule has 1 saturated heterocycles. The number of carbonyl (C=O) groups excluding carboxylic acids is 2. The van der Waals surface area contributed by atoms with Crippen molar-refractivity contribution in [2.75, 3.05) is 4.90 Å². The van der Waals surface area contributed by atoms with Gasteiger partial charge in [0.1, 0.15) is 23.9 Å². The van der Waals surface area contributed by atoms with Gasteiger partial charge in [0.25, 0.3) is 5.91 Å². The third kappa shape index (κ3) is 4.88. The van der Waals surface area contributed by atoms with Crippen LogP contribution in [0.4, 0.5) is 14.9 Å². The molecule has 0 atom stereocenters. The molecule has 8 heteroatoms. The van der Waals surface area contributed by atoms with Crippen LogP contribution in [0.25, 0.3) is 6.08 Å². The second-order valence-electron chi connectivity index (χ2n) is 6.71. The standard InChI is InChI=1S/C23H15ClFIN2O3/c24-16-4-8-18(9-5-16)28-22(29)20(27-23(28)30)12-15-3-10-21(19(26)11-15)31-13-14-1-6-17(25)7-2-14/h1-12H,13H2,(H,27,30)/b20-12+. The van der Waals surface area contributed by atoms with Gasteiger partial charge in [0.15, 0.2) is 0 Å². The zero-order chi connectivity index (χ0) is 22.0. The predicted molar refractivity (Wildman–Crippen MR) is 125 cm³/mol. The summed E-state index contributed by atoms with van der Waals surface area (Å²) in [4.78, 5) is 26.1. The zero-order valence-corrected chi connectivity index (χ0v) is 18.9. The number of imide groups is 1. The molecule has 0 bridgehead atoms. The molecular weight excluding hydrogens is 534 g/mol. The van der Waals surface area contributed by atoms with Crippen molar-refractivity contribution in [3.05, 3.63) is 98.0 Å². The summed E-state index contributed by atoms with van der Waals surface area (Å²) in [6, 6.07) is 17.5. The van der Waals surface area contributed by atoms with Gasteiger partial charge in [0, 0.05) is 5.02 Å². The van der Waals surface area contributed by atoms with Gasteiger partial charge in [-0.25, -0.2) is 14.1 Å². The summed E-state index contributed by atoms with van der Waals surface area (Å²) in [5, 5.41) is 3.12. The molecule has 1 N–H and O–H groups in total. The maximum atomic E-state index is 13.0. The van der Waals surface area contributed by atoms with Crippen molar-refractivity contribution in [1.82, 2.24) is 5.32 Å². The SMILES string of the molecule is O=C1N/C(=C/c2ccc(OCc3ccc(F)cc3)c(I)c2)C(=O)N1c1ccc(Cl)cc1. The van der Waals surface area contributed by atoms with Crippen LogP contribution in [-0.4, -0.2) is 11.9 Å². The topological polar surface area (TPSA) is 58.6 Å². The molecule has 1 heterocycles. The van der Waals surface area contributed by atoms with E-state index in [1.807, 2.05) is 6.07 Å². The second-order valence-corrected chi connectivity index (χ2v) is 8.31. The van der Waals surface area contributed by atoms with Crippen LogP contribution in [0.3, 0.4) is 0 Å². The van der Waals surface area contributed by atoms with E-state index < -0.39 is 11.9 Å². The average molecular weight is 549 g/mol. The van der Waals surface area contributed by atoms with E-state index in [2.05, 4.69) is 27.9 Å². The molecule has 1 fully saturated rings. The van der Waals surface area contributed by atoms with Gasteiger partial charge in [-0.05, 0) is 88.3 Å². The molecule has 31 heavy (non-hydrogen) atoms. The highest BCUT2D eigenvalue weighted by atomic mass is 127. The number of halogens is 3. The van der Waals surface area contributed by atoms with Gasteiger partial charge in [-0.1, -0.05) is 29.8 Å². The molecule has 3 aromatic rings. The highest BCUT2D eigenvalue weighted by Crippen LogP contribution is 2.27. The first-order valence-electron chi connectivity index (χ1n) is 9.20. The molecule has 0 aromatic heterocycles. The van der Waals surface area contributed by atoms with Crippen LogP contribution >= 0.6 is 34.2 Å². The normalized spacial score (nSPS) is 14.8. The van der Waals surface area contributed by atoms with Gasteiger partial charge in [-0.15, -0.1) is 0 Å². The van der Waals surface area contributed by atoms with E-state index in [1.165, 1.54) is 12.1 Å². The van der Waals surface area contributed by atoms with Crippen molar-refractivity contribution in [2.24, 2.45) is 0 Å². The molecule has 0 saturated carbocycles. The van der Waals surface area contributed by atoms with E-state index >= 15 is 0 Å². The minimum Gasteiger partial charge on any atom is -0.488 e. The highest BCUT2D eigenvalue weighted by Gasteiger charge is 2.34. The molecule has 0 spiro atoms. The van der Waals surface area contributed by atoms with Gasteiger partial charge in [-0.3, -0.25) is 4.79 Å². The summed E-state index contributed by atoms with van der Waals surface area (Å²) in [7, 11) is 0. The first kappa shape index (κ1) is 21.3. The molecule has 5 nitrogen and oxygen atoms in total. The maximum absolute atomic E-state index is 13.0. The van der Waals surface area contributed by atoms with Crippen LogP contribution in [0.15, 0.2) is 72.4 Å². The fourth-order valence-corrected chi connectivity index (χ4v) is 3.81. The van der Waals surface area contributed by atoms with Gasteiger partial charge >= 0.3 is 6.03 Å². The Labute approximate surface area is 196 Å². The van der Waals surface area contributed by atoms with Crippen LogP contribution in [0.5, 0.6) is 5.75 Å². The number of ether oxygens (including phenoxy) is 1. The largest absolute Gasteiger partial charge is 0.488 e. The molecule has 1 aliphatic heterocycles. The summed E-state index contributed by atoms with van der Waals surface area (Å²) < 4.78 is 19.6. The summed E-state index contributed by atoms with van der Waals surface area (Å²) in [6.07, 6.45) is 1.61. The van der Waals surface area contributed by atoms with Crippen molar-refractivity contribution >= 4 is 57.9 Å². The second kappa shape index (κ2) is 9.07. The lowest BCUT2D eigenvalue weighted by Crippen LogP contribution is -2.30. The summed E-state index contributed by atoms with van der Waals surface area (Å²) >= 11 is 8.01. The minimum absolute atomic E-state index is 0.177. The van der Waals surface area contributed by atoms with Crippen LogP contribution < -0.4 is 15.0 Å². The van der Waals surface area contributed by atoms with Crippen molar-refractivity contribution in [2.45, 2.75) is 6.61 Å². The number of amides is 3. The van der Waals surface area contributed by atoms with Crippen molar-refractivity contribution in [3.8, 4) is 5.75 Å². The first-order chi connectivity index (χ1) is 14.9. The van der Waals surface area contributed by atoms with Crippen LogP contribution in [-0.2, 0) is 11.4 Å². The van der Waals surface area contributed by atoms with E-state index in [0.29, 0.717) is 23.1 Å². The number of hydrogen-bond acceptors (Lipinski definition) is 3. The minimum atomic E-state index is -0.521. The summed E-state index contributed by atoms with van der Waals surface area (Å²) in [6.45, 7) is 0.307. The third-order valence-electron chi connectivity index (χ3n) is 4.54. The molecule has 0 unspecified atom stereocenters. The van der Waals surface area contributed by atoms with Gasteiger partial charge in [0.05, 0.1) is 9.26 Å². The van der Waals surface area contributed by atoms with Gasteiger partial charge in [0.2, 0.25) is 0 Å². The predicted octanol–water partition coefficient (Wildman–Crippen LogP) is 5.76. The molecule has 3 amide bonds. The molecule has 1 aliphatic rings. The fourth-order valence-electron chi connectivity index (χ4n) is 2.99. The molecule has 156 valence electrons. The number of rotatable bonds is 5. The number of nitrogens with zero attached hydrogens (tertiary/aromatic N) is 1. The Morgan fingerprint density at radius 2 is 1.74 bits per heavy atom. The summed E-state index contributed by atoms with van der Waals surface area (Å²) in [5.41, 5.74) is 2.20. The number of benzene rings is 3. The number of nitrogens with one attached hydrogen (secondary N) is 1. The lowest BCUT2D eigenvalue weighted by Gasteiger charge is -2.11. The molecule has 0 aliphatic carbocycles. The number of anilines is 1. The lowest BCUT2D eigenvalue weighted by atomic mass is 10.1. The summed E-state index contributed by atoms with van der Waals surface area (Å²) in [5.74, 6) is -0.0745. The number of urea groups is 1. The third-order valence-corrected chi connectivity index (χ3v) is 5.63. The Morgan fingerprint density at radius 3 is 2.42 bits per heavy atom. The van der Waals surface area contributed by atoms with Crippen LogP contribution in [0.1, 0.15) is 11.1 Å². The van der Waals surface area contributed by atoms with Crippen molar-refractivity contribution in [3.63, 3.8) is 0 Å². The Hall–Kier alpha value is -2.91. The van der Waals surface area contributed by atoms with E-state index in [0.717, 1.165) is 19.6 Å². The van der Waals surface area contributed by atoms with Gasteiger partial charge < -0.3 is 10.1 Å². The fraction of sp³-hybridized carbons (Fsp3) is 0.0435. The Kier molecular flexibility index (Phi) is 6.24. The lowest BCUT2D eigenvalue weighted by molar-refractivity contribution is -0.113. The molecule has 3 aromatic carbocycles. The highest BCUT2D eigenvalue weighted by molar-refractivity contribution is 14.1. The maximum Gasteiger partial charge on any atom is 0.333 e. The van der Waals surface area contributed by atoms with E-state index in [4.69, 9.17) is 16.3 Å². The smallest absolute Gasteiger partial charge is 0.333 e. The Balaban J connectivity index is 1.49. The molecule has 0 radical (unpaired) electrons. The van der Waals surface area contributed by atoms with Gasteiger partial charge in [-0.2, -0.15) is 0 Å². The van der Waals surface area contributed by atoms with Crippen molar-refractivity contribution < 1.29 is 18.7 Å². The van der Waals surface area contributed by atoms with E-state index in [9.17, 15) is 14.0 Å². The first-order valence-corrected chi connectivity index (χ1v) is 10.7. The molecular formula is C23H15ClFIN2O3.